The summed E-state index contributed by atoms with van der Waals surface area (Å²) in [5.41, 5.74) is 3.83. The lowest BCUT2D eigenvalue weighted by Crippen LogP contribution is -2.24. The van der Waals surface area contributed by atoms with Crippen LogP contribution in [0.1, 0.15) is 35.4 Å². The van der Waals surface area contributed by atoms with Gasteiger partial charge in [0.2, 0.25) is 0 Å². The first-order valence-electron chi connectivity index (χ1n) is 6.67. The molecule has 3 heteroatoms. The zero-order valence-electron chi connectivity index (χ0n) is 11.5. The molecule has 0 amide bonds. The largest absolute Gasteiger partial charge is 0.487 e. The van der Waals surface area contributed by atoms with Crippen molar-refractivity contribution in [2.45, 2.75) is 30.7 Å². The predicted octanol–water partition coefficient (Wildman–Crippen LogP) is 5.49. The maximum atomic E-state index is 5.94. The van der Waals surface area contributed by atoms with Crippen LogP contribution in [0.25, 0.3) is 0 Å². The number of hydrogen-bond donors (Lipinski definition) is 0. The summed E-state index contributed by atoms with van der Waals surface area (Å²) in [5.74, 6) is 1.03. The normalized spacial score (nSPS) is 17.4. The Morgan fingerprint density at radius 3 is 2.70 bits per heavy atom. The molecule has 3 rings (SSSR count). The summed E-state index contributed by atoms with van der Waals surface area (Å²) in [4.78, 5) is 0.226. The molecule has 104 valence electrons. The molecule has 0 N–H and O–H groups in total. The average molecular weight is 443 g/mol. The lowest BCUT2D eigenvalue weighted by Gasteiger charge is -2.16. The van der Waals surface area contributed by atoms with Crippen molar-refractivity contribution in [1.82, 2.24) is 0 Å². The van der Waals surface area contributed by atoms with E-state index in [1.165, 1.54) is 20.3 Å². The number of halogens is 2. The third kappa shape index (κ3) is 2.75. The van der Waals surface area contributed by atoms with Gasteiger partial charge in [0.25, 0.3) is 0 Å². The second-order valence-electron chi connectivity index (χ2n) is 5.79. The molecule has 2 aromatic rings. The summed E-state index contributed by atoms with van der Waals surface area (Å²) in [6.07, 6.45) is 0.974. The van der Waals surface area contributed by atoms with Crippen LogP contribution in [-0.4, -0.2) is 5.60 Å². The zero-order valence-corrected chi connectivity index (χ0v) is 15.2. The van der Waals surface area contributed by atoms with Gasteiger partial charge in [-0.15, -0.1) is 0 Å². The Bertz CT molecular complexity index is 651. The standard InChI is InChI=1S/C17H16BrIO/c1-17(2)10-12-9-11(7-8-15(12)20-17)16(18)13-5-3-4-6-14(13)19/h3-9,16H,10H2,1-2H3. The van der Waals surface area contributed by atoms with Crippen LogP contribution in [0.2, 0.25) is 0 Å². The van der Waals surface area contributed by atoms with E-state index >= 15 is 0 Å². The van der Waals surface area contributed by atoms with Gasteiger partial charge in [0, 0.05) is 9.99 Å². The van der Waals surface area contributed by atoms with Crippen molar-refractivity contribution in [2.75, 3.05) is 0 Å². The molecule has 0 spiro atoms. The molecule has 0 fully saturated rings. The smallest absolute Gasteiger partial charge is 0.123 e. The number of fused-ring (bicyclic) bond motifs is 1. The fourth-order valence-corrected chi connectivity index (χ4v) is 4.46. The highest BCUT2D eigenvalue weighted by Crippen LogP contribution is 2.40. The Hall–Kier alpha value is -0.550. The molecule has 1 nitrogen and oxygen atoms in total. The summed E-state index contributed by atoms with van der Waals surface area (Å²) in [7, 11) is 0. The predicted molar refractivity (Wildman–Crippen MR) is 94.8 cm³/mol. The van der Waals surface area contributed by atoms with Crippen LogP contribution >= 0.6 is 38.5 Å². The molecule has 1 aliphatic heterocycles. The van der Waals surface area contributed by atoms with Crippen LogP contribution in [-0.2, 0) is 6.42 Å². The summed E-state index contributed by atoms with van der Waals surface area (Å²) in [6.45, 7) is 4.27. The van der Waals surface area contributed by atoms with Crippen molar-refractivity contribution >= 4 is 38.5 Å². The minimum Gasteiger partial charge on any atom is -0.487 e. The molecule has 2 aromatic carbocycles. The number of ether oxygens (including phenoxy) is 1. The molecule has 0 aliphatic carbocycles. The highest BCUT2D eigenvalue weighted by Gasteiger charge is 2.30. The fraction of sp³-hybridized carbons (Fsp3) is 0.294. The summed E-state index contributed by atoms with van der Waals surface area (Å²) < 4.78 is 7.22. The van der Waals surface area contributed by atoms with E-state index in [0.717, 1.165) is 12.2 Å². The molecule has 1 unspecified atom stereocenters. The molecule has 1 atom stereocenters. The molecule has 0 bridgehead atoms. The van der Waals surface area contributed by atoms with Gasteiger partial charge in [0.15, 0.2) is 0 Å². The van der Waals surface area contributed by atoms with Crippen molar-refractivity contribution in [3.05, 3.63) is 62.7 Å². The molecule has 20 heavy (non-hydrogen) atoms. The van der Waals surface area contributed by atoms with Gasteiger partial charge < -0.3 is 4.74 Å². The van der Waals surface area contributed by atoms with Crippen LogP contribution in [0, 0.1) is 3.57 Å². The van der Waals surface area contributed by atoms with Crippen molar-refractivity contribution < 1.29 is 4.74 Å². The summed E-state index contributed by atoms with van der Waals surface area (Å²) in [6, 6.07) is 15.0. The maximum absolute atomic E-state index is 5.94. The fourth-order valence-electron chi connectivity index (χ4n) is 2.65. The number of alkyl halides is 1. The highest BCUT2D eigenvalue weighted by molar-refractivity contribution is 14.1. The highest BCUT2D eigenvalue weighted by atomic mass is 127. The van der Waals surface area contributed by atoms with Gasteiger partial charge in [0.1, 0.15) is 11.4 Å². The second kappa shape index (κ2) is 5.34. The molecule has 0 radical (unpaired) electrons. The Morgan fingerprint density at radius 1 is 1.20 bits per heavy atom. The lowest BCUT2D eigenvalue weighted by atomic mass is 9.98. The molecule has 0 saturated heterocycles. The van der Waals surface area contributed by atoms with Crippen LogP contribution in [0.4, 0.5) is 0 Å². The van der Waals surface area contributed by atoms with Crippen molar-refractivity contribution in [3.63, 3.8) is 0 Å². The topological polar surface area (TPSA) is 9.23 Å². The summed E-state index contributed by atoms with van der Waals surface area (Å²) in [5, 5.41) is 0. The maximum Gasteiger partial charge on any atom is 0.123 e. The first kappa shape index (κ1) is 14.4. The van der Waals surface area contributed by atoms with Crippen LogP contribution in [0.15, 0.2) is 42.5 Å². The molecule has 1 heterocycles. The van der Waals surface area contributed by atoms with Gasteiger partial charge in [-0.05, 0) is 65.3 Å². The van der Waals surface area contributed by atoms with Crippen LogP contribution in [0.3, 0.4) is 0 Å². The number of benzene rings is 2. The minimum atomic E-state index is -0.0794. The van der Waals surface area contributed by atoms with Crippen LogP contribution in [0.5, 0.6) is 5.75 Å². The number of rotatable bonds is 2. The SMILES string of the molecule is CC1(C)Cc2cc(C(Br)c3ccccc3I)ccc2O1. The monoisotopic (exact) mass is 442 g/mol. The Morgan fingerprint density at radius 2 is 1.95 bits per heavy atom. The third-order valence-corrected chi connectivity index (χ3v) is 5.56. The summed E-state index contributed by atoms with van der Waals surface area (Å²) >= 11 is 6.23. The Balaban J connectivity index is 1.95. The number of hydrogen-bond acceptors (Lipinski definition) is 1. The molecular formula is C17H16BrIO. The van der Waals surface area contributed by atoms with Gasteiger partial charge in [-0.2, -0.15) is 0 Å². The Labute approximate surface area is 142 Å². The van der Waals surface area contributed by atoms with E-state index in [9.17, 15) is 0 Å². The van der Waals surface area contributed by atoms with E-state index in [2.05, 4.69) is 94.8 Å². The third-order valence-electron chi connectivity index (χ3n) is 3.56. The minimum absolute atomic E-state index is 0.0794. The quantitative estimate of drug-likeness (QED) is 0.441. The second-order valence-corrected chi connectivity index (χ2v) is 7.87. The molecule has 1 aliphatic rings. The van der Waals surface area contributed by atoms with Crippen LogP contribution < -0.4 is 4.74 Å². The van der Waals surface area contributed by atoms with Gasteiger partial charge >= 0.3 is 0 Å². The van der Waals surface area contributed by atoms with E-state index in [4.69, 9.17) is 4.74 Å². The van der Waals surface area contributed by atoms with E-state index in [1.54, 1.807) is 0 Å². The average Bonchev–Trinajstić information content (AvgIpc) is 2.71. The first-order chi connectivity index (χ1) is 9.46. The molecule has 0 saturated carbocycles. The first-order valence-corrected chi connectivity index (χ1v) is 8.66. The van der Waals surface area contributed by atoms with E-state index < -0.39 is 0 Å². The van der Waals surface area contributed by atoms with Gasteiger partial charge in [-0.25, -0.2) is 0 Å². The van der Waals surface area contributed by atoms with E-state index in [-0.39, 0.29) is 10.4 Å². The molecular weight excluding hydrogens is 427 g/mol. The molecule has 0 aromatic heterocycles. The van der Waals surface area contributed by atoms with Gasteiger partial charge in [-0.1, -0.05) is 46.3 Å². The zero-order chi connectivity index (χ0) is 14.3. The van der Waals surface area contributed by atoms with Gasteiger partial charge in [-0.3, -0.25) is 0 Å². The van der Waals surface area contributed by atoms with E-state index in [0.29, 0.717) is 0 Å². The Kier molecular flexibility index (Phi) is 3.84. The van der Waals surface area contributed by atoms with Crippen molar-refractivity contribution in [2.24, 2.45) is 0 Å². The lowest BCUT2D eigenvalue weighted by molar-refractivity contribution is 0.138. The van der Waals surface area contributed by atoms with Crippen molar-refractivity contribution in [1.29, 1.82) is 0 Å². The van der Waals surface area contributed by atoms with E-state index in [1.807, 2.05) is 0 Å². The van der Waals surface area contributed by atoms with Crippen molar-refractivity contribution in [3.8, 4) is 5.75 Å². The van der Waals surface area contributed by atoms with Gasteiger partial charge in [0.05, 0.1) is 4.83 Å².